The lowest BCUT2D eigenvalue weighted by molar-refractivity contribution is -0.127. The van der Waals surface area contributed by atoms with Gasteiger partial charge in [0.1, 0.15) is 12.4 Å². The molecule has 1 heterocycles. The number of hydrogen-bond donors (Lipinski definition) is 1. The van der Waals surface area contributed by atoms with Crippen LogP contribution in [0.5, 0.6) is 5.75 Å². The predicted molar refractivity (Wildman–Crippen MR) is 99.0 cm³/mol. The molecule has 0 aliphatic rings. The molecule has 0 radical (unpaired) electrons. The molecule has 0 saturated heterocycles. The minimum Gasteiger partial charge on any atom is -0.486 e. The lowest BCUT2D eigenvalue weighted by Gasteiger charge is -2.14. The van der Waals surface area contributed by atoms with Gasteiger partial charge in [0, 0.05) is 13.6 Å². The van der Waals surface area contributed by atoms with Crippen LogP contribution < -0.4 is 10.6 Å². The maximum Gasteiger partial charge on any atom is 0.232 e. The second-order valence-electron chi connectivity index (χ2n) is 5.89. The van der Waals surface area contributed by atoms with Crippen LogP contribution in [0.3, 0.4) is 0 Å². The van der Waals surface area contributed by atoms with Crippen LogP contribution in [0, 0.1) is 25.2 Å². The highest BCUT2D eigenvalue weighted by atomic mass is 32.2. The van der Waals surface area contributed by atoms with E-state index < -0.39 is 0 Å². The minimum absolute atomic E-state index is 0.0960. The van der Waals surface area contributed by atoms with Gasteiger partial charge in [0.25, 0.3) is 0 Å². The maximum atomic E-state index is 12.0. The number of aromatic nitrogens is 3. The van der Waals surface area contributed by atoms with Crippen LogP contribution in [-0.2, 0) is 11.4 Å². The molecular weight excluding hydrogens is 352 g/mol. The molecule has 1 aromatic carbocycles. The van der Waals surface area contributed by atoms with E-state index in [1.807, 2.05) is 32.0 Å². The van der Waals surface area contributed by atoms with Gasteiger partial charge in [0.15, 0.2) is 5.82 Å². The Kier molecular flexibility index (Phi) is 6.86. The second-order valence-corrected chi connectivity index (χ2v) is 6.84. The fourth-order valence-corrected chi connectivity index (χ4v) is 3.06. The Labute approximate surface area is 156 Å². The van der Waals surface area contributed by atoms with Gasteiger partial charge in [-0.25, -0.2) is 4.68 Å². The second kappa shape index (κ2) is 9.10. The number of nitrogen functional groups attached to an aromatic ring is 1. The van der Waals surface area contributed by atoms with Crippen molar-refractivity contribution in [1.82, 2.24) is 19.8 Å². The molecule has 1 aromatic heterocycles. The van der Waals surface area contributed by atoms with Crippen molar-refractivity contribution in [1.29, 1.82) is 5.26 Å². The van der Waals surface area contributed by atoms with Crippen LogP contribution in [0.2, 0.25) is 0 Å². The Bertz CT molecular complexity index is 794. The number of ether oxygens (including phenoxy) is 1. The van der Waals surface area contributed by atoms with Gasteiger partial charge in [-0.3, -0.25) is 4.79 Å². The topological polar surface area (TPSA) is 110 Å². The molecule has 9 heteroatoms. The van der Waals surface area contributed by atoms with Gasteiger partial charge in [-0.2, -0.15) is 5.26 Å². The number of amides is 1. The van der Waals surface area contributed by atoms with Gasteiger partial charge in [-0.1, -0.05) is 17.8 Å². The Morgan fingerprint density at radius 1 is 1.35 bits per heavy atom. The van der Waals surface area contributed by atoms with Crippen molar-refractivity contribution in [2.75, 3.05) is 25.2 Å². The molecule has 0 fully saturated rings. The van der Waals surface area contributed by atoms with Crippen molar-refractivity contribution in [3.05, 3.63) is 35.2 Å². The molecule has 26 heavy (non-hydrogen) atoms. The van der Waals surface area contributed by atoms with Crippen LogP contribution in [0.1, 0.15) is 23.4 Å². The molecule has 2 aromatic rings. The van der Waals surface area contributed by atoms with Crippen molar-refractivity contribution >= 4 is 17.7 Å². The highest BCUT2D eigenvalue weighted by Gasteiger charge is 2.15. The SMILES string of the molecule is Cc1cc(C)cc(OCc2nnc(SCC(=O)N(C)CCC#N)n2N)c1. The number of hydrogen-bond acceptors (Lipinski definition) is 7. The van der Waals surface area contributed by atoms with Crippen molar-refractivity contribution in [3.8, 4) is 11.8 Å². The molecule has 138 valence electrons. The average Bonchev–Trinajstić information content (AvgIpc) is 2.94. The fraction of sp³-hybridized carbons (Fsp3) is 0.412. The molecule has 0 atom stereocenters. The first kappa shape index (κ1) is 19.6. The number of rotatable bonds is 8. The van der Waals surface area contributed by atoms with Crippen molar-refractivity contribution in [2.45, 2.75) is 32.0 Å². The Morgan fingerprint density at radius 2 is 2.04 bits per heavy atom. The Morgan fingerprint density at radius 3 is 2.69 bits per heavy atom. The van der Waals surface area contributed by atoms with Crippen LogP contribution in [0.15, 0.2) is 23.4 Å². The minimum atomic E-state index is -0.0960. The largest absolute Gasteiger partial charge is 0.486 e. The van der Waals surface area contributed by atoms with E-state index in [4.69, 9.17) is 15.8 Å². The van der Waals surface area contributed by atoms with Gasteiger partial charge >= 0.3 is 0 Å². The summed E-state index contributed by atoms with van der Waals surface area (Å²) in [5.41, 5.74) is 2.23. The molecule has 1 amide bonds. The maximum absolute atomic E-state index is 12.0. The summed E-state index contributed by atoms with van der Waals surface area (Å²) in [7, 11) is 1.66. The summed E-state index contributed by atoms with van der Waals surface area (Å²) in [5.74, 6) is 7.29. The van der Waals surface area contributed by atoms with Crippen LogP contribution in [-0.4, -0.2) is 45.0 Å². The molecule has 0 aliphatic carbocycles. The molecule has 2 rings (SSSR count). The highest BCUT2D eigenvalue weighted by molar-refractivity contribution is 7.99. The van der Waals surface area contributed by atoms with Gasteiger partial charge in [-0.05, 0) is 37.1 Å². The van der Waals surface area contributed by atoms with Crippen molar-refractivity contribution in [2.24, 2.45) is 0 Å². The number of benzene rings is 1. The number of carbonyl (C=O) groups excluding carboxylic acids is 1. The molecule has 0 aliphatic heterocycles. The van der Waals surface area contributed by atoms with Gasteiger partial charge in [0.2, 0.25) is 11.1 Å². The number of nitrogens with two attached hydrogens (primary N) is 1. The van der Waals surface area contributed by atoms with E-state index in [1.165, 1.54) is 21.3 Å². The normalized spacial score (nSPS) is 10.4. The first-order valence-electron chi connectivity index (χ1n) is 8.05. The molecule has 0 saturated carbocycles. The van der Waals surface area contributed by atoms with Crippen LogP contribution in [0.25, 0.3) is 0 Å². The lowest BCUT2D eigenvalue weighted by Crippen LogP contribution is -2.29. The summed E-state index contributed by atoms with van der Waals surface area (Å²) in [5, 5.41) is 17.0. The first-order chi connectivity index (χ1) is 12.4. The van der Waals surface area contributed by atoms with Gasteiger partial charge in [0.05, 0.1) is 18.2 Å². The number of nitrogens with zero attached hydrogens (tertiary/aromatic N) is 5. The summed E-state index contributed by atoms with van der Waals surface area (Å²) in [4.78, 5) is 13.5. The molecular formula is C17H22N6O2S. The third kappa shape index (κ3) is 5.39. The van der Waals surface area contributed by atoms with E-state index in [-0.39, 0.29) is 18.3 Å². The third-order valence-corrected chi connectivity index (χ3v) is 4.54. The summed E-state index contributed by atoms with van der Waals surface area (Å²) in [6.45, 7) is 4.60. The van der Waals surface area contributed by atoms with Crippen LogP contribution >= 0.6 is 11.8 Å². The third-order valence-electron chi connectivity index (χ3n) is 3.61. The molecule has 0 unspecified atom stereocenters. The summed E-state index contributed by atoms with van der Waals surface area (Å²) >= 11 is 1.20. The zero-order chi connectivity index (χ0) is 19.1. The molecule has 0 spiro atoms. The number of thioether (sulfide) groups is 1. The van der Waals surface area contributed by atoms with Crippen LogP contribution in [0.4, 0.5) is 0 Å². The predicted octanol–water partition coefficient (Wildman–Crippen LogP) is 1.65. The van der Waals surface area contributed by atoms with E-state index >= 15 is 0 Å². The number of carbonyl (C=O) groups is 1. The number of nitriles is 1. The fourth-order valence-electron chi connectivity index (χ4n) is 2.25. The smallest absolute Gasteiger partial charge is 0.232 e. The van der Waals surface area contributed by atoms with Gasteiger partial charge in [-0.15, -0.1) is 10.2 Å². The lowest BCUT2D eigenvalue weighted by atomic mass is 10.1. The standard InChI is InChI=1S/C17H22N6O2S/c1-12-7-13(2)9-14(8-12)25-10-15-20-21-17(23(15)19)26-11-16(24)22(3)6-4-5-18/h7-9H,4,6,10-11,19H2,1-3H3. The van der Waals surface area contributed by atoms with Gasteiger partial charge < -0.3 is 15.5 Å². The molecule has 2 N–H and O–H groups in total. The quantitative estimate of drug-likeness (QED) is 0.552. The molecule has 0 bridgehead atoms. The summed E-state index contributed by atoms with van der Waals surface area (Å²) in [6, 6.07) is 7.96. The monoisotopic (exact) mass is 374 g/mol. The average molecular weight is 374 g/mol. The zero-order valence-corrected chi connectivity index (χ0v) is 15.9. The Balaban J connectivity index is 1.91. The van der Waals surface area contributed by atoms with E-state index in [0.29, 0.717) is 23.9 Å². The van der Waals surface area contributed by atoms with Crippen molar-refractivity contribution < 1.29 is 9.53 Å². The van der Waals surface area contributed by atoms with E-state index in [9.17, 15) is 4.79 Å². The summed E-state index contributed by atoms with van der Waals surface area (Å²) < 4.78 is 7.07. The Hall–Kier alpha value is -2.73. The van der Waals surface area contributed by atoms with E-state index in [1.54, 1.807) is 7.05 Å². The first-order valence-corrected chi connectivity index (χ1v) is 9.03. The van der Waals surface area contributed by atoms with E-state index in [2.05, 4.69) is 16.3 Å². The summed E-state index contributed by atoms with van der Waals surface area (Å²) in [6.07, 6.45) is 0.305. The van der Waals surface area contributed by atoms with Crippen molar-refractivity contribution in [3.63, 3.8) is 0 Å². The molecule has 8 nitrogen and oxygen atoms in total. The highest BCUT2D eigenvalue weighted by Crippen LogP contribution is 2.19. The number of aryl methyl sites for hydroxylation is 2. The zero-order valence-electron chi connectivity index (χ0n) is 15.1. The van der Waals surface area contributed by atoms with E-state index in [0.717, 1.165) is 16.9 Å².